The molecular formula is C25H14ClF2NO5. The van der Waals surface area contributed by atoms with Crippen LogP contribution in [0.3, 0.4) is 0 Å². The molecule has 0 radical (unpaired) electrons. The molecule has 34 heavy (non-hydrogen) atoms. The second-order valence-corrected chi connectivity index (χ2v) is 8.09. The van der Waals surface area contributed by atoms with Crippen LogP contribution in [0.15, 0.2) is 82.5 Å². The van der Waals surface area contributed by atoms with Gasteiger partial charge in [-0.3, -0.25) is 14.5 Å². The summed E-state index contributed by atoms with van der Waals surface area (Å²) in [5.74, 6) is -5.15. The van der Waals surface area contributed by atoms with E-state index in [1.165, 1.54) is 30.3 Å². The summed E-state index contributed by atoms with van der Waals surface area (Å²) in [6, 6.07) is 13.3. The number of phenols is 1. The summed E-state index contributed by atoms with van der Waals surface area (Å²) in [6.45, 7) is 0. The van der Waals surface area contributed by atoms with E-state index in [0.29, 0.717) is 21.6 Å². The van der Waals surface area contributed by atoms with Crippen LogP contribution >= 0.6 is 11.6 Å². The number of nitrogens with zero attached hydrogens (tertiary/aromatic N) is 1. The molecule has 0 aliphatic carbocycles. The Kier molecular flexibility index (Phi) is 5.10. The Morgan fingerprint density at radius 1 is 0.941 bits per heavy atom. The fraction of sp³-hybridized carbons (Fsp3) is 0.0400. The Labute approximate surface area is 195 Å². The molecule has 3 aromatic carbocycles. The largest absolute Gasteiger partial charge is 0.508 e. The van der Waals surface area contributed by atoms with Gasteiger partial charge in [0.15, 0.2) is 23.2 Å². The molecular weight excluding hydrogens is 468 g/mol. The lowest BCUT2D eigenvalue weighted by Gasteiger charge is -2.26. The second kappa shape index (κ2) is 8.00. The van der Waals surface area contributed by atoms with E-state index in [1.54, 1.807) is 18.2 Å². The van der Waals surface area contributed by atoms with E-state index in [2.05, 4.69) is 0 Å². The van der Waals surface area contributed by atoms with Gasteiger partial charge in [0.25, 0.3) is 5.91 Å². The summed E-state index contributed by atoms with van der Waals surface area (Å²) < 4.78 is 33.2. The summed E-state index contributed by atoms with van der Waals surface area (Å²) in [5, 5.41) is 21.4. The number of anilines is 1. The lowest BCUT2D eigenvalue weighted by atomic mass is 9.94. The number of rotatable bonds is 4. The Morgan fingerprint density at radius 3 is 2.38 bits per heavy atom. The second-order valence-electron chi connectivity index (χ2n) is 7.65. The predicted molar refractivity (Wildman–Crippen MR) is 120 cm³/mol. The zero-order valence-electron chi connectivity index (χ0n) is 17.1. The van der Waals surface area contributed by atoms with Gasteiger partial charge >= 0.3 is 0 Å². The van der Waals surface area contributed by atoms with Crippen molar-refractivity contribution in [1.29, 1.82) is 0 Å². The average molecular weight is 482 g/mol. The summed E-state index contributed by atoms with van der Waals surface area (Å²) in [7, 11) is 0. The Balaban J connectivity index is 1.66. The molecule has 2 N–H and O–H groups in total. The lowest BCUT2D eigenvalue weighted by molar-refractivity contribution is -0.117. The Morgan fingerprint density at radius 2 is 1.68 bits per heavy atom. The van der Waals surface area contributed by atoms with Gasteiger partial charge in [-0.25, -0.2) is 8.78 Å². The highest BCUT2D eigenvalue weighted by Gasteiger charge is 2.45. The van der Waals surface area contributed by atoms with Gasteiger partial charge in [-0.15, -0.1) is 0 Å². The molecule has 1 aromatic heterocycles. The normalized spacial score (nSPS) is 16.0. The molecule has 1 unspecified atom stereocenters. The number of ketones is 1. The van der Waals surface area contributed by atoms with E-state index in [1.807, 2.05) is 0 Å². The molecule has 0 saturated carbocycles. The molecule has 1 atom stereocenters. The number of carbonyl (C=O) groups is 2. The number of amides is 1. The molecule has 0 saturated heterocycles. The minimum absolute atomic E-state index is 0.0670. The van der Waals surface area contributed by atoms with Crippen molar-refractivity contribution in [2.45, 2.75) is 6.04 Å². The number of furan rings is 1. The number of aliphatic hydroxyl groups excluding tert-OH is 1. The summed E-state index contributed by atoms with van der Waals surface area (Å²) in [6.07, 6.45) is 0. The van der Waals surface area contributed by atoms with E-state index < -0.39 is 35.1 Å². The lowest BCUT2D eigenvalue weighted by Crippen LogP contribution is -2.31. The number of aliphatic hydroxyl groups is 1. The zero-order valence-corrected chi connectivity index (χ0v) is 17.9. The molecule has 5 rings (SSSR count). The van der Waals surface area contributed by atoms with Crippen LogP contribution in [0.4, 0.5) is 14.5 Å². The maximum absolute atomic E-state index is 14.0. The quantitative estimate of drug-likeness (QED) is 0.357. The third-order valence-corrected chi connectivity index (χ3v) is 5.78. The molecule has 2 heterocycles. The molecule has 170 valence electrons. The van der Waals surface area contributed by atoms with Gasteiger partial charge in [-0.1, -0.05) is 23.7 Å². The highest BCUT2D eigenvalue weighted by Crippen LogP contribution is 2.43. The van der Waals surface area contributed by atoms with Crippen LogP contribution in [-0.4, -0.2) is 21.9 Å². The number of hydrogen-bond donors (Lipinski definition) is 2. The first-order chi connectivity index (χ1) is 16.2. The molecule has 1 amide bonds. The van der Waals surface area contributed by atoms with E-state index in [-0.39, 0.29) is 22.8 Å². The molecule has 4 aromatic rings. The Bertz CT molecular complexity index is 1510. The number of aromatic hydroxyl groups is 1. The van der Waals surface area contributed by atoms with Crippen molar-refractivity contribution < 1.29 is 33.0 Å². The van der Waals surface area contributed by atoms with Gasteiger partial charge in [0.2, 0.25) is 5.78 Å². The van der Waals surface area contributed by atoms with Crippen LogP contribution in [0.1, 0.15) is 22.2 Å². The first-order valence-electron chi connectivity index (χ1n) is 9.99. The van der Waals surface area contributed by atoms with Crippen molar-refractivity contribution in [3.63, 3.8) is 0 Å². The van der Waals surface area contributed by atoms with E-state index >= 15 is 0 Å². The zero-order chi connectivity index (χ0) is 24.1. The molecule has 9 heteroatoms. The van der Waals surface area contributed by atoms with E-state index in [9.17, 15) is 28.6 Å². The highest BCUT2D eigenvalue weighted by atomic mass is 35.5. The number of benzene rings is 3. The average Bonchev–Trinajstić information content (AvgIpc) is 3.34. The number of hydrogen-bond acceptors (Lipinski definition) is 5. The predicted octanol–water partition coefficient (Wildman–Crippen LogP) is 5.85. The first kappa shape index (κ1) is 21.7. The fourth-order valence-corrected chi connectivity index (χ4v) is 4.15. The minimum Gasteiger partial charge on any atom is -0.508 e. The number of phenolic OH excluding ortho intramolecular Hbond substituents is 1. The van der Waals surface area contributed by atoms with Crippen molar-refractivity contribution in [2.24, 2.45) is 0 Å². The van der Waals surface area contributed by atoms with Gasteiger partial charge in [0.1, 0.15) is 11.3 Å². The van der Waals surface area contributed by atoms with Gasteiger partial charge in [-0.2, -0.15) is 0 Å². The van der Waals surface area contributed by atoms with Gasteiger partial charge < -0.3 is 14.6 Å². The van der Waals surface area contributed by atoms with Crippen molar-refractivity contribution in [2.75, 3.05) is 4.90 Å². The fourth-order valence-electron chi connectivity index (χ4n) is 3.97. The summed E-state index contributed by atoms with van der Waals surface area (Å²) >= 11 is 6.00. The number of fused-ring (bicyclic) bond motifs is 1. The molecule has 0 spiro atoms. The summed E-state index contributed by atoms with van der Waals surface area (Å²) in [4.78, 5) is 27.6. The monoisotopic (exact) mass is 481 g/mol. The van der Waals surface area contributed by atoms with Crippen LogP contribution < -0.4 is 4.90 Å². The van der Waals surface area contributed by atoms with E-state index in [0.717, 1.165) is 23.1 Å². The van der Waals surface area contributed by atoms with Crippen molar-refractivity contribution >= 4 is 39.9 Å². The smallest absolute Gasteiger partial charge is 0.294 e. The number of halogens is 3. The van der Waals surface area contributed by atoms with Crippen LogP contribution in [0, 0.1) is 11.6 Å². The molecule has 0 fully saturated rings. The van der Waals surface area contributed by atoms with Gasteiger partial charge in [0, 0.05) is 22.2 Å². The maximum atomic E-state index is 14.0. The standard InChI is InChI=1S/C25H14ClF2NO5/c26-14-3-8-19-13(9-14)10-20(34-19)23(31)21-22(12-1-5-16(30)6-2-12)29(25(33)24(21)32)15-4-7-17(27)18(28)11-15/h1-11,22,30,32H. The van der Waals surface area contributed by atoms with Crippen LogP contribution in [0.25, 0.3) is 11.0 Å². The maximum Gasteiger partial charge on any atom is 0.294 e. The van der Waals surface area contributed by atoms with Gasteiger partial charge in [0.05, 0.1) is 11.6 Å². The van der Waals surface area contributed by atoms with Crippen molar-refractivity contribution in [3.8, 4) is 5.75 Å². The third-order valence-electron chi connectivity index (χ3n) is 5.55. The van der Waals surface area contributed by atoms with E-state index in [4.69, 9.17) is 16.0 Å². The van der Waals surface area contributed by atoms with Crippen LogP contribution in [-0.2, 0) is 4.79 Å². The Hall–Kier alpha value is -4.17. The topological polar surface area (TPSA) is 91.0 Å². The highest BCUT2D eigenvalue weighted by molar-refractivity contribution is 6.31. The SMILES string of the molecule is O=C(C1=C(O)C(=O)N(c2ccc(F)c(F)c2)C1c1ccc(O)cc1)c1cc2cc(Cl)ccc2o1. The van der Waals surface area contributed by atoms with Crippen molar-refractivity contribution in [3.05, 3.63) is 106 Å². The molecule has 6 nitrogen and oxygen atoms in total. The van der Waals surface area contributed by atoms with Crippen molar-refractivity contribution in [1.82, 2.24) is 0 Å². The molecule has 1 aliphatic heterocycles. The van der Waals surface area contributed by atoms with Crippen LogP contribution in [0.5, 0.6) is 5.75 Å². The van der Waals surface area contributed by atoms with Crippen LogP contribution in [0.2, 0.25) is 5.02 Å². The van der Waals surface area contributed by atoms with Gasteiger partial charge in [-0.05, 0) is 54.1 Å². The molecule has 0 bridgehead atoms. The molecule has 1 aliphatic rings. The summed E-state index contributed by atoms with van der Waals surface area (Å²) in [5.41, 5.74) is 0.316. The first-order valence-corrected chi connectivity index (χ1v) is 10.4. The third kappa shape index (κ3) is 3.48. The number of carbonyl (C=O) groups excluding carboxylic acids is 2. The minimum atomic E-state index is -1.21. The number of Topliss-reactive ketones (excluding diaryl/α,β-unsaturated/α-hetero) is 1.